The molecule has 1 rings (SSSR count). The fraction of sp³-hybridized carbons (Fsp3) is 0.357. The van der Waals surface area contributed by atoms with Gasteiger partial charge in [-0.2, -0.15) is 0 Å². The van der Waals surface area contributed by atoms with E-state index in [9.17, 15) is 14.4 Å². The molecule has 1 aromatic rings. The summed E-state index contributed by atoms with van der Waals surface area (Å²) in [5.41, 5.74) is 5.13. The summed E-state index contributed by atoms with van der Waals surface area (Å²) in [5, 5.41) is 2.47. The summed E-state index contributed by atoms with van der Waals surface area (Å²) in [6.45, 7) is 6.54. The summed E-state index contributed by atoms with van der Waals surface area (Å²) in [4.78, 5) is 34.3. The van der Waals surface area contributed by atoms with Gasteiger partial charge >= 0.3 is 5.97 Å². The molecule has 20 heavy (non-hydrogen) atoms. The zero-order valence-electron chi connectivity index (χ0n) is 11.9. The first-order valence-electron chi connectivity index (χ1n) is 6.05. The molecular weight excluding hydrogens is 260 g/mol. The number of anilines is 1. The van der Waals surface area contributed by atoms with Gasteiger partial charge in [0.05, 0.1) is 16.8 Å². The highest BCUT2D eigenvalue weighted by Gasteiger charge is 2.19. The third-order valence-electron chi connectivity index (χ3n) is 2.23. The van der Waals surface area contributed by atoms with E-state index in [0.29, 0.717) is 0 Å². The first-order valence-corrected chi connectivity index (χ1v) is 6.05. The number of rotatable bonds is 3. The Morgan fingerprint density at radius 1 is 1.20 bits per heavy atom. The molecule has 0 heterocycles. The van der Waals surface area contributed by atoms with E-state index in [1.807, 2.05) is 0 Å². The Hall–Kier alpha value is -2.37. The van der Waals surface area contributed by atoms with Crippen molar-refractivity contribution in [3.05, 3.63) is 29.3 Å². The van der Waals surface area contributed by atoms with Gasteiger partial charge in [-0.25, -0.2) is 4.79 Å². The highest BCUT2D eigenvalue weighted by Crippen LogP contribution is 2.20. The lowest BCUT2D eigenvalue weighted by Gasteiger charge is -2.20. The van der Waals surface area contributed by atoms with Crippen molar-refractivity contribution in [2.75, 3.05) is 5.32 Å². The number of benzene rings is 1. The number of carbonyl (C=O) groups is 3. The van der Waals surface area contributed by atoms with Crippen LogP contribution >= 0.6 is 0 Å². The van der Waals surface area contributed by atoms with Gasteiger partial charge in [0.1, 0.15) is 5.60 Å². The average molecular weight is 278 g/mol. The smallest absolute Gasteiger partial charge is 0.338 e. The van der Waals surface area contributed by atoms with Gasteiger partial charge in [-0.1, -0.05) is 0 Å². The van der Waals surface area contributed by atoms with Crippen LogP contribution in [-0.2, 0) is 9.53 Å². The molecule has 0 bridgehead atoms. The molecule has 0 spiro atoms. The van der Waals surface area contributed by atoms with Crippen LogP contribution in [0.15, 0.2) is 18.2 Å². The van der Waals surface area contributed by atoms with E-state index in [4.69, 9.17) is 10.5 Å². The molecule has 108 valence electrons. The molecule has 0 aliphatic rings. The first kappa shape index (κ1) is 15.7. The predicted octanol–water partition coefficient (Wildman–Crippen LogP) is 1.70. The van der Waals surface area contributed by atoms with Gasteiger partial charge in [0.25, 0.3) is 5.91 Å². The van der Waals surface area contributed by atoms with E-state index in [2.05, 4.69) is 5.32 Å². The van der Waals surface area contributed by atoms with Crippen molar-refractivity contribution in [3.8, 4) is 0 Å². The molecule has 0 atom stereocenters. The van der Waals surface area contributed by atoms with Crippen LogP contribution in [0.25, 0.3) is 0 Å². The molecule has 0 radical (unpaired) electrons. The van der Waals surface area contributed by atoms with Crippen molar-refractivity contribution >= 4 is 23.5 Å². The molecule has 0 aromatic heterocycles. The van der Waals surface area contributed by atoms with Crippen molar-refractivity contribution in [3.63, 3.8) is 0 Å². The van der Waals surface area contributed by atoms with Crippen molar-refractivity contribution in [2.24, 2.45) is 5.73 Å². The maximum Gasteiger partial charge on any atom is 0.338 e. The number of nitrogens with one attached hydrogen (secondary N) is 1. The normalized spacial score (nSPS) is 10.8. The summed E-state index contributed by atoms with van der Waals surface area (Å²) in [7, 11) is 0. The number of nitrogens with two attached hydrogens (primary N) is 1. The average Bonchev–Trinajstić information content (AvgIpc) is 2.25. The van der Waals surface area contributed by atoms with E-state index in [1.165, 1.54) is 25.1 Å². The molecule has 3 N–H and O–H groups in total. The maximum atomic E-state index is 11.9. The Kier molecular flexibility index (Phi) is 4.49. The van der Waals surface area contributed by atoms with Crippen molar-refractivity contribution in [1.82, 2.24) is 0 Å². The molecule has 6 nitrogen and oxygen atoms in total. The fourth-order valence-corrected chi connectivity index (χ4v) is 1.52. The van der Waals surface area contributed by atoms with Crippen LogP contribution in [0, 0.1) is 0 Å². The minimum absolute atomic E-state index is 0.132. The van der Waals surface area contributed by atoms with Crippen molar-refractivity contribution in [2.45, 2.75) is 33.3 Å². The van der Waals surface area contributed by atoms with Gasteiger partial charge in [0.15, 0.2) is 0 Å². The molecule has 2 amide bonds. The second-order valence-corrected chi connectivity index (χ2v) is 5.31. The molecule has 0 saturated heterocycles. The minimum Gasteiger partial charge on any atom is -0.456 e. The molecule has 6 heteroatoms. The number of primary amides is 1. The van der Waals surface area contributed by atoms with E-state index in [-0.39, 0.29) is 22.7 Å². The first-order chi connectivity index (χ1) is 9.10. The Morgan fingerprint density at radius 2 is 1.80 bits per heavy atom. The summed E-state index contributed by atoms with van der Waals surface area (Å²) in [6, 6.07) is 4.18. The molecule has 0 aliphatic heterocycles. The molecule has 0 fully saturated rings. The molecule has 0 saturated carbocycles. The topological polar surface area (TPSA) is 98.5 Å². The van der Waals surface area contributed by atoms with E-state index in [1.54, 1.807) is 20.8 Å². The summed E-state index contributed by atoms with van der Waals surface area (Å²) in [6.07, 6.45) is 0. The lowest BCUT2D eigenvalue weighted by atomic mass is 10.1. The van der Waals surface area contributed by atoms with E-state index < -0.39 is 17.5 Å². The van der Waals surface area contributed by atoms with Gasteiger partial charge in [-0.15, -0.1) is 0 Å². The minimum atomic E-state index is -0.690. The van der Waals surface area contributed by atoms with Crippen LogP contribution in [-0.4, -0.2) is 23.4 Å². The third kappa shape index (κ3) is 4.38. The van der Waals surface area contributed by atoms with E-state index in [0.717, 1.165) is 0 Å². The van der Waals surface area contributed by atoms with Crippen molar-refractivity contribution in [1.29, 1.82) is 0 Å². The second-order valence-electron chi connectivity index (χ2n) is 5.31. The largest absolute Gasteiger partial charge is 0.456 e. The number of carbonyl (C=O) groups excluding carboxylic acids is 3. The predicted molar refractivity (Wildman–Crippen MR) is 74.4 cm³/mol. The van der Waals surface area contributed by atoms with Crippen LogP contribution in [0.5, 0.6) is 0 Å². The van der Waals surface area contributed by atoms with Crippen LogP contribution in [0.1, 0.15) is 48.4 Å². The Balaban J connectivity index is 3.15. The molecule has 0 aliphatic carbocycles. The third-order valence-corrected chi connectivity index (χ3v) is 2.23. The number of esters is 1. The molecule has 0 unspecified atom stereocenters. The number of ether oxygens (including phenoxy) is 1. The molecular formula is C14H18N2O4. The highest BCUT2D eigenvalue weighted by atomic mass is 16.6. The Morgan fingerprint density at radius 3 is 2.25 bits per heavy atom. The zero-order valence-corrected chi connectivity index (χ0v) is 11.9. The zero-order chi connectivity index (χ0) is 15.5. The quantitative estimate of drug-likeness (QED) is 0.822. The lowest BCUT2D eigenvalue weighted by Crippen LogP contribution is -2.24. The summed E-state index contributed by atoms with van der Waals surface area (Å²) < 4.78 is 5.22. The van der Waals surface area contributed by atoms with Crippen molar-refractivity contribution < 1.29 is 19.1 Å². The monoisotopic (exact) mass is 278 g/mol. The Bertz CT molecular complexity index is 559. The second kappa shape index (κ2) is 5.73. The standard InChI is InChI=1S/C14H18N2O4/c1-8(17)16-11-7-9(5-6-10(11)12(15)18)13(19)20-14(2,3)4/h5-7H,1-4H3,(H2,15,18)(H,16,17). The number of hydrogen-bond acceptors (Lipinski definition) is 4. The van der Waals surface area contributed by atoms with Crippen LogP contribution in [0.2, 0.25) is 0 Å². The van der Waals surface area contributed by atoms with Gasteiger partial charge in [0, 0.05) is 6.92 Å². The van der Waals surface area contributed by atoms with E-state index >= 15 is 0 Å². The lowest BCUT2D eigenvalue weighted by molar-refractivity contribution is -0.114. The van der Waals surface area contributed by atoms with Gasteiger partial charge in [-0.3, -0.25) is 9.59 Å². The summed E-state index contributed by atoms with van der Waals surface area (Å²) >= 11 is 0. The van der Waals surface area contributed by atoms with Gasteiger partial charge in [0.2, 0.25) is 5.91 Å². The molecule has 1 aromatic carbocycles. The highest BCUT2D eigenvalue weighted by molar-refractivity contribution is 6.04. The van der Waals surface area contributed by atoms with Crippen LogP contribution < -0.4 is 11.1 Å². The van der Waals surface area contributed by atoms with Crippen LogP contribution in [0.4, 0.5) is 5.69 Å². The van der Waals surface area contributed by atoms with Gasteiger partial charge < -0.3 is 15.8 Å². The van der Waals surface area contributed by atoms with Gasteiger partial charge in [-0.05, 0) is 39.0 Å². The SMILES string of the molecule is CC(=O)Nc1cc(C(=O)OC(C)(C)C)ccc1C(N)=O. The number of hydrogen-bond donors (Lipinski definition) is 2. The number of amides is 2. The Labute approximate surface area is 117 Å². The fourth-order valence-electron chi connectivity index (χ4n) is 1.52. The maximum absolute atomic E-state index is 11.9. The van der Waals surface area contributed by atoms with Crippen LogP contribution in [0.3, 0.4) is 0 Å². The summed E-state index contributed by atoms with van der Waals surface area (Å²) in [5.74, 6) is -1.60.